The van der Waals surface area contributed by atoms with Crippen LogP contribution in [0.15, 0.2) is 29.1 Å². The van der Waals surface area contributed by atoms with Crippen molar-refractivity contribution in [2.45, 2.75) is 46.1 Å². The zero-order chi connectivity index (χ0) is 16.9. The van der Waals surface area contributed by atoms with Crippen LogP contribution in [0.1, 0.15) is 43.5 Å². The SMILES string of the molecule is CCN(CC)Cc1ccc(Nc2nc3c(c(=O)[nH]2)CCCC3)cc1. The van der Waals surface area contributed by atoms with Crippen molar-refractivity contribution in [3.05, 3.63) is 51.4 Å². The molecule has 0 unspecified atom stereocenters. The van der Waals surface area contributed by atoms with Gasteiger partial charge in [-0.3, -0.25) is 14.7 Å². The first-order valence-electron chi connectivity index (χ1n) is 8.90. The first-order chi connectivity index (χ1) is 11.7. The van der Waals surface area contributed by atoms with E-state index >= 15 is 0 Å². The lowest BCUT2D eigenvalue weighted by atomic mass is 9.97. The van der Waals surface area contributed by atoms with Crippen LogP contribution in [0, 0.1) is 0 Å². The maximum Gasteiger partial charge on any atom is 0.255 e. The Balaban J connectivity index is 1.72. The zero-order valence-corrected chi connectivity index (χ0v) is 14.6. The number of H-pyrrole nitrogens is 1. The summed E-state index contributed by atoms with van der Waals surface area (Å²) in [7, 11) is 0. The van der Waals surface area contributed by atoms with Gasteiger partial charge in [-0.15, -0.1) is 0 Å². The summed E-state index contributed by atoms with van der Waals surface area (Å²) in [5, 5.41) is 3.22. The summed E-state index contributed by atoms with van der Waals surface area (Å²) in [6.45, 7) is 7.42. The number of anilines is 2. The van der Waals surface area contributed by atoms with Crippen LogP contribution in [-0.4, -0.2) is 28.0 Å². The lowest BCUT2D eigenvalue weighted by molar-refractivity contribution is 0.296. The van der Waals surface area contributed by atoms with Crippen LogP contribution in [0.3, 0.4) is 0 Å². The topological polar surface area (TPSA) is 61.0 Å². The van der Waals surface area contributed by atoms with E-state index in [0.717, 1.165) is 62.3 Å². The molecule has 0 amide bonds. The van der Waals surface area contributed by atoms with Crippen molar-refractivity contribution in [3.8, 4) is 0 Å². The van der Waals surface area contributed by atoms with E-state index in [0.29, 0.717) is 5.95 Å². The Morgan fingerprint density at radius 2 is 1.83 bits per heavy atom. The Morgan fingerprint density at radius 3 is 2.54 bits per heavy atom. The number of nitrogens with zero attached hydrogens (tertiary/aromatic N) is 2. The normalized spacial score (nSPS) is 13.8. The van der Waals surface area contributed by atoms with Gasteiger partial charge in [-0.25, -0.2) is 4.98 Å². The Morgan fingerprint density at radius 1 is 1.12 bits per heavy atom. The van der Waals surface area contributed by atoms with Crippen LogP contribution < -0.4 is 10.9 Å². The summed E-state index contributed by atoms with van der Waals surface area (Å²) >= 11 is 0. The van der Waals surface area contributed by atoms with Crippen LogP contribution in [0.4, 0.5) is 11.6 Å². The van der Waals surface area contributed by atoms with Crippen molar-refractivity contribution < 1.29 is 0 Å². The molecule has 0 fully saturated rings. The molecule has 5 nitrogen and oxygen atoms in total. The van der Waals surface area contributed by atoms with Crippen molar-refractivity contribution >= 4 is 11.6 Å². The lowest BCUT2D eigenvalue weighted by Gasteiger charge is -2.18. The Hall–Kier alpha value is -2.14. The van der Waals surface area contributed by atoms with Gasteiger partial charge in [0.25, 0.3) is 5.56 Å². The van der Waals surface area contributed by atoms with Gasteiger partial charge in [0.15, 0.2) is 0 Å². The van der Waals surface area contributed by atoms with Crippen molar-refractivity contribution in [2.75, 3.05) is 18.4 Å². The molecule has 0 radical (unpaired) electrons. The number of hydrogen-bond donors (Lipinski definition) is 2. The summed E-state index contributed by atoms with van der Waals surface area (Å²) in [4.78, 5) is 22.0. The average molecular weight is 326 g/mol. The fraction of sp³-hybridized carbons (Fsp3) is 0.474. The molecule has 1 aliphatic rings. The van der Waals surface area contributed by atoms with Crippen molar-refractivity contribution in [1.29, 1.82) is 0 Å². The van der Waals surface area contributed by atoms with Gasteiger partial charge < -0.3 is 5.32 Å². The minimum atomic E-state index is 0.000327. The van der Waals surface area contributed by atoms with Gasteiger partial charge in [0.05, 0.1) is 5.69 Å². The predicted octanol–water partition coefficient (Wildman–Crippen LogP) is 3.23. The molecule has 2 N–H and O–H groups in total. The molecule has 0 bridgehead atoms. The fourth-order valence-electron chi connectivity index (χ4n) is 3.20. The number of rotatable bonds is 6. The first kappa shape index (κ1) is 16.7. The van der Waals surface area contributed by atoms with E-state index in [-0.39, 0.29) is 5.56 Å². The van der Waals surface area contributed by atoms with Crippen LogP contribution >= 0.6 is 0 Å². The van der Waals surface area contributed by atoms with E-state index in [9.17, 15) is 4.79 Å². The largest absolute Gasteiger partial charge is 0.326 e. The second-order valence-electron chi connectivity index (χ2n) is 6.33. The summed E-state index contributed by atoms with van der Waals surface area (Å²) in [5.41, 5.74) is 4.04. The molecule has 5 heteroatoms. The number of nitrogens with one attached hydrogen (secondary N) is 2. The molecule has 128 valence electrons. The number of aromatic nitrogens is 2. The van der Waals surface area contributed by atoms with Gasteiger partial charge in [0.2, 0.25) is 5.95 Å². The highest BCUT2D eigenvalue weighted by Crippen LogP contribution is 2.19. The predicted molar refractivity (Wildman–Crippen MR) is 97.8 cm³/mol. The molecule has 0 spiro atoms. The molecule has 0 saturated heterocycles. The van der Waals surface area contributed by atoms with Crippen LogP contribution in [0.5, 0.6) is 0 Å². The highest BCUT2D eigenvalue weighted by Gasteiger charge is 2.15. The first-order valence-corrected chi connectivity index (χ1v) is 8.90. The number of fused-ring (bicyclic) bond motifs is 1. The summed E-state index contributed by atoms with van der Waals surface area (Å²) < 4.78 is 0. The van der Waals surface area contributed by atoms with Crippen molar-refractivity contribution in [3.63, 3.8) is 0 Å². The minimum absolute atomic E-state index is 0.000327. The second kappa shape index (κ2) is 7.62. The molecular formula is C19H26N4O. The Labute approximate surface area is 143 Å². The van der Waals surface area contributed by atoms with Crippen molar-refractivity contribution in [1.82, 2.24) is 14.9 Å². The van der Waals surface area contributed by atoms with Gasteiger partial charge in [0.1, 0.15) is 0 Å². The molecule has 1 aromatic carbocycles. The molecule has 0 saturated carbocycles. The van der Waals surface area contributed by atoms with E-state index in [4.69, 9.17) is 0 Å². The van der Waals surface area contributed by atoms with E-state index in [2.05, 4.69) is 46.2 Å². The molecule has 1 aromatic heterocycles. The fourth-order valence-corrected chi connectivity index (χ4v) is 3.20. The average Bonchev–Trinajstić information content (AvgIpc) is 2.61. The van der Waals surface area contributed by atoms with Crippen LogP contribution in [0.25, 0.3) is 0 Å². The van der Waals surface area contributed by atoms with E-state index < -0.39 is 0 Å². The summed E-state index contributed by atoms with van der Waals surface area (Å²) in [6, 6.07) is 8.32. The van der Waals surface area contributed by atoms with Gasteiger partial charge in [-0.1, -0.05) is 26.0 Å². The van der Waals surface area contributed by atoms with Gasteiger partial charge in [-0.05, 0) is 56.5 Å². The third kappa shape index (κ3) is 3.85. The molecular weight excluding hydrogens is 300 g/mol. The number of aromatic amines is 1. The number of aryl methyl sites for hydroxylation is 1. The lowest BCUT2D eigenvalue weighted by Crippen LogP contribution is -2.22. The third-order valence-corrected chi connectivity index (χ3v) is 4.71. The van der Waals surface area contributed by atoms with Gasteiger partial charge in [-0.2, -0.15) is 0 Å². The molecule has 0 aliphatic heterocycles. The molecule has 3 rings (SSSR count). The second-order valence-corrected chi connectivity index (χ2v) is 6.33. The van der Waals surface area contributed by atoms with Gasteiger partial charge >= 0.3 is 0 Å². The van der Waals surface area contributed by atoms with E-state index in [1.165, 1.54) is 5.56 Å². The van der Waals surface area contributed by atoms with Gasteiger partial charge in [0, 0.05) is 17.8 Å². The van der Waals surface area contributed by atoms with Crippen LogP contribution in [-0.2, 0) is 19.4 Å². The van der Waals surface area contributed by atoms with Crippen molar-refractivity contribution in [2.24, 2.45) is 0 Å². The highest BCUT2D eigenvalue weighted by molar-refractivity contribution is 5.54. The maximum absolute atomic E-state index is 12.2. The van der Waals surface area contributed by atoms with E-state index in [1.807, 2.05) is 12.1 Å². The quantitative estimate of drug-likeness (QED) is 0.855. The zero-order valence-electron chi connectivity index (χ0n) is 14.6. The molecule has 0 atom stereocenters. The Bertz CT molecular complexity index is 732. The minimum Gasteiger partial charge on any atom is -0.326 e. The smallest absolute Gasteiger partial charge is 0.255 e. The number of hydrogen-bond acceptors (Lipinski definition) is 4. The number of benzene rings is 1. The van der Waals surface area contributed by atoms with Crippen LogP contribution in [0.2, 0.25) is 0 Å². The monoisotopic (exact) mass is 326 g/mol. The third-order valence-electron chi connectivity index (χ3n) is 4.71. The molecule has 1 aliphatic carbocycles. The molecule has 1 heterocycles. The molecule has 2 aromatic rings. The summed E-state index contributed by atoms with van der Waals surface area (Å²) in [6.07, 6.45) is 3.94. The maximum atomic E-state index is 12.2. The van der Waals surface area contributed by atoms with E-state index in [1.54, 1.807) is 0 Å². The Kier molecular flexibility index (Phi) is 5.30. The molecule has 24 heavy (non-hydrogen) atoms. The summed E-state index contributed by atoms with van der Waals surface area (Å²) in [5.74, 6) is 0.539. The highest BCUT2D eigenvalue weighted by atomic mass is 16.1. The standard InChI is InChI=1S/C19H26N4O/c1-3-23(4-2)13-14-9-11-15(12-10-14)20-19-21-17-8-6-5-7-16(17)18(24)22-19/h9-12H,3-8,13H2,1-2H3,(H2,20,21,22,24).